The molecular weight excluding hydrogens is 220 g/mol. The van der Waals surface area contributed by atoms with Gasteiger partial charge in [-0.3, -0.25) is 0 Å². The molecule has 1 aliphatic rings. The zero-order valence-corrected chi connectivity index (χ0v) is 11.4. The fourth-order valence-corrected chi connectivity index (χ4v) is 2.79. The Morgan fingerprint density at radius 1 is 1.22 bits per heavy atom. The van der Waals surface area contributed by atoms with E-state index < -0.39 is 0 Å². The van der Waals surface area contributed by atoms with Gasteiger partial charge in [-0.05, 0) is 56.9 Å². The molecule has 0 spiro atoms. The summed E-state index contributed by atoms with van der Waals surface area (Å²) >= 11 is 0. The van der Waals surface area contributed by atoms with Crippen molar-refractivity contribution in [2.24, 2.45) is 0 Å². The molecule has 1 atom stereocenters. The third-order valence-electron chi connectivity index (χ3n) is 4.19. The second-order valence-corrected chi connectivity index (χ2v) is 5.40. The first kappa shape index (κ1) is 13.1. The van der Waals surface area contributed by atoms with E-state index in [9.17, 15) is 5.26 Å². The smallest absolute Gasteiger partial charge is 0.0835 e. The van der Waals surface area contributed by atoms with Gasteiger partial charge in [0.1, 0.15) is 0 Å². The van der Waals surface area contributed by atoms with E-state index in [1.165, 1.54) is 11.1 Å². The molecule has 1 aromatic rings. The van der Waals surface area contributed by atoms with E-state index in [4.69, 9.17) is 0 Å². The van der Waals surface area contributed by atoms with E-state index in [1.807, 2.05) is 0 Å². The first-order valence-corrected chi connectivity index (χ1v) is 6.89. The van der Waals surface area contributed by atoms with Gasteiger partial charge in [0.05, 0.1) is 11.5 Å². The van der Waals surface area contributed by atoms with E-state index in [2.05, 4.69) is 49.2 Å². The summed E-state index contributed by atoms with van der Waals surface area (Å²) < 4.78 is 0. The van der Waals surface area contributed by atoms with Gasteiger partial charge >= 0.3 is 0 Å². The molecule has 0 aromatic heterocycles. The molecule has 0 bridgehead atoms. The van der Waals surface area contributed by atoms with Crippen molar-refractivity contribution in [1.82, 2.24) is 4.90 Å². The molecule has 2 rings (SSSR count). The molecular formula is C16H22N2. The highest BCUT2D eigenvalue weighted by Crippen LogP contribution is 2.34. The molecule has 1 fully saturated rings. The van der Waals surface area contributed by atoms with Crippen LogP contribution in [0.3, 0.4) is 0 Å². The van der Waals surface area contributed by atoms with Crippen LogP contribution in [0.1, 0.15) is 37.3 Å². The highest BCUT2D eigenvalue weighted by atomic mass is 15.1. The van der Waals surface area contributed by atoms with Gasteiger partial charge in [-0.15, -0.1) is 0 Å². The van der Waals surface area contributed by atoms with Crippen LogP contribution in [0.4, 0.5) is 0 Å². The highest BCUT2D eigenvalue weighted by Gasteiger charge is 2.33. The third-order valence-corrected chi connectivity index (χ3v) is 4.19. The van der Waals surface area contributed by atoms with E-state index >= 15 is 0 Å². The summed E-state index contributed by atoms with van der Waals surface area (Å²) in [5, 5.41) is 9.66. The third kappa shape index (κ3) is 2.57. The zero-order chi connectivity index (χ0) is 13.0. The predicted molar refractivity (Wildman–Crippen MR) is 74.5 cm³/mol. The monoisotopic (exact) mass is 242 g/mol. The minimum Gasteiger partial charge on any atom is -0.306 e. The van der Waals surface area contributed by atoms with Crippen molar-refractivity contribution in [2.45, 2.75) is 38.0 Å². The van der Waals surface area contributed by atoms with Gasteiger partial charge in [0.15, 0.2) is 0 Å². The molecule has 0 N–H and O–H groups in total. The van der Waals surface area contributed by atoms with Crippen LogP contribution in [0, 0.1) is 11.3 Å². The number of nitriles is 1. The molecule has 1 saturated heterocycles. The Morgan fingerprint density at radius 3 is 2.56 bits per heavy atom. The van der Waals surface area contributed by atoms with Crippen LogP contribution in [0.5, 0.6) is 0 Å². The molecule has 0 amide bonds. The minimum atomic E-state index is -0.267. The normalized spacial score (nSPS) is 25.4. The molecule has 0 saturated carbocycles. The van der Waals surface area contributed by atoms with E-state index in [0.717, 1.165) is 38.8 Å². The summed E-state index contributed by atoms with van der Waals surface area (Å²) in [6.07, 6.45) is 4.10. The summed E-state index contributed by atoms with van der Waals surface area (Å²) in [5.41, 5.74) is 2.28. The number of aryl methyl sites for hydroxylation is 1. The van der Waals surface area contributed by atoms with Crippen molar-refractivity contribution in [3.63, 3.8) is 0 Å². The van der Waals surface area contributed by atoms with Crippen molar-refractivity contribution < 1.29 is 0 Å². The maximum atomic E-state index is 9.66. The summed E-state index contributed by atoms with van der Waals surface area (Å²) in [4.78, 5) is 2.33. The Hall–Kier alpha value is -1.33. The Bertz CT molecular complexity index is 429. The molecule has 0 aliphatic carbocycles. The maximum absolute atomic E-state index is 9.66. The summed E-state index contributed by atoms with van der Waals surface area (Å²) in [6.45, 7) is 4.29. The lowest BCUT2D eigenvalue weighted by Gasteiger charge is -2.25. The van der Waals surface area contributed by atoms with Gasteiger partial charge in [-0.25, -0.2) is 0 Å². The van der Waals surface area contributed by atoms with Crippen molar-refractivity contribution >= 4 is 0 Å². The fourth-order valence-electron chi connectivity index (χ4n) is 2.79. The molecule has 18 heavy (non-hydrogen) atoms. The Labute approximate surface area is 110 Å². The van der Waals surface area contributed by atoms with Gasteiger partial charge in [-0.1, -0.05) is 31.2 Å². The standard InChI is InChI=1S/C16H22N2/c1-3-14-5-7-15(8-6-14)16(13-17)9-4-11-18(2)12-10-16/h5-8H,3-4,9-12H2,1-2H3. The van der Waals surface area contributed by atoms with E-state index in [1.54, 1.807) is 0 Å². The van der Waals surface area contributed by atoms with Crippen molar-refractivity contribution in [2.75, 3.05) is 20.1 Å². The van der Waals surface area contributed by atoms with Gasteiger partial charge in [0.25, 0.3) is 0 Å². The lowest BCUT2D eigenvalue weighted by Crippen LogP contribution is -2.26. The van der Waals surface area contributed by atoms with Crippen molar-refractivity contribution in [3.05, 3.63) is 35.4 Å². The minimum absolute atomic E-state index is 0.267. The average Bonchev–Trinajstić information content (AvgIpc) is 2.62. The van der Waals surface area contributed by atoms with Crippen LogP contribution >= 0.6 is 0 Å². The van der Waals surface area contributed by atoms with Crippen molar-refractivity contribution in [3.8, 4) is 6.07 Å². The number of hydrogen-bond acceptors (Lipinski definition) is 2. The topological polar surface area (TPSA) is 27.0 Å². The van der Waals surface area contributed by atoms with Gasteiger partial charge in [0.2, 0.25) is 0 Å². The molecule has 0 radical (unpaired) electrons. The first-order valence-electron chi connectivity index (χ1n) is 6.89. The largest absolute Gasteiger partial charge is 0.306 e. The molecule has 96 valence electrons. The number of benzene rings is 1. The SMILES string of the molecule is CCc1ccc(C2(C#N)CCCN(C)CC2)cc1. The summed E-state index contributed by atoms with van der Waals surface area (Å²) in [7, 11) is 2.15. The highest BCUT2D eigenvalue weighted by molar-refractivity contribution is 5.35. The number of rotatable bonds is 2. The second-order valence-electron chi connectivity index (χ2n) is 5.40. The van der Waals surface area contributed by atoms with Gasteiger partial charge < -0.3 is 4.90 Å². The molecule has 1 aromatic carbocycles. The van der Waals surface area contributed by atoms with Gasteiger partial charge in [0, 0.05) is 0 Å². The van der Waals surface area contributed by atoms with Crippen LogP contribution in [0.15, 0.2) is 24.3 Å². The Kier molecular flexibility index (Phi) is 4.04. The number of hydrogen-bond donors (Lipinski definition) is 0. The van der Waals surface area contributed by atoms with Crippen LogP contribution in [-0.4, -0.2) is 25.0 Å². The summed E-state index contributed by atoms with van der Waals surface area (Å²) in [6, 6.07) is 11.3. The van der Waals surface area contributed by atoms with Gasteiger partial charge in [-0.2, -0.15) is 5.26 Å². The first-order chi connectivity index (χ1) is 8.70. The van der Waals surface area contributed by atoms with Crippen LogP contribution < -0.4 is 0 Å². The lowest BCUT2D eigenvalue weighted by molar-refractivity contribution is 0.342. The average molecular weight is 242 g/mol. The second kappa shape index (κ2) is 5.54. The number of likely N-dealkylation sites (tertiary alicyclic amines) is 1. The maximum Gasteiger partial charge on any atom is 0.0835 e. The van der Waals surface area contributed by atoms with Crippen LogP contribution in [0.2, 0.25) is 0 Å². The van der Waals surface area contributed by atoms with Crippen LogP contribution in [-0.2, 0) is 11.8 Å². The van der Waals surface area contributed by atoms with Crippen LogP contribution in [0.25, 0.3) is 0 Å². The van der Waals surface area contributed by atoms with Crippen molar-refractivity contribution in [1.29, 1.82) is 5.26 Å². The predicted octanol–water partition coefficient (Wildman–Crippen LogP) is 3.13. The molecule has 1 unspecified atom stereocenters. The molecule has 1 heterocycles. The molecule has 2 heteroatoms. The zero-order valence-electron chi connectivity index (χ0n) is 11.4. The van der Waals surface area contributed by atoms with E-state index in [-0.39, 0.29) is 5.41 Å². The molecule has 2 nitrogen and oxygen atoms in total. The summed E-state index contributed by atoms with van der Waals surface area (Å²) in [5.74, 6) is 0. The lowest BCUT2D eigenvalue weighted by atomic mass is 9.75. The van der Waals surface area contributed by atoms with E-state index in [0.29, 0.717) is 0 Å². The number of nitrogens with zero attached hydrogens (tertiary/aromatic N) is 2. The fraction of sp³-hybridized carbons (Fsp3) is 0.562. The quantitative estimate of drug-likeness (QED) is 0.796. The molecule has 1 aliphatic heterocycles. The Morgan fingerprint density at radius 2 is 1.94 bits per heavy atom. The Balaban J connectivity index is 2.28.